The molecule has 84 valence electrons. The van der Waals surface area contributed by atoms with Crippen molar-refractivity contribution in [2.24, 2.45) is 5.73 Å². The summed E-state index contributed by atoms with van der Waals surface area (Å²) in [6.07, 6.45) is -1.88. The van der Waals surface area contributed by atoms with Gasteiger partial charge in [0.05, 0.1) is 12.6 Å². The van der Waals surface area contributed by atoms with Crippen molar-refractivity contribution in [3.63, 3.8) is 0 Å². The molecule has 14 heavy (non-hydrogen) atoms. The van der Waals surface area contributed by atoms with Crippen LogP contribution in [0.15, 0.2) is 0 Å². The van der Waals surface area contributed by atoms with Gasteiger partial charge < -0.3 is 15.8 Å². The van der Waals surface area contributed by atoms with Crippen LogP contribution in [0.2, 0.25) is 0 Å². The van der Waals surface area contributed by atoms with Gasteiger partial charge in [-0.15, -0.1) is 0 Å². The normalized spacial score (nSPS) is 13.1. The van der Waals surface area contributed by atoms with Crippen molar-refractivity contribution < 1.29 is 18.3 Å². The van der Waals surface area contributed by atoms with Gasteiger partial charge in [0, 0.05) is 6.54 Å². The summed E-state index contributed by atoms with van der Waals surface area (Å²) in [7, 11) is 0. The first-order valence-corrected chi connectivity index (χ1v) is 4.46. The van der Waals surface area contributed by atoms with Crippen molar-refractivity contribution in [2.45, 2.75) is 25.8 Å². The number of ether oxygens (including phenoxy) is 1. The van der Waals surface area contributed by atoms with Crippen LogP contribution in [-0.4, -0.2) is 38.1 Å². The Bertz CT molecular complexity index is 167. The van der Waals surface area contributed by atoms with Crippen LogP contribution in [0.1, 0.15) is 13.3 Å². The summed E-state index contributed by atoms with van der Waals surface area (Å²) in [5.74, 6) is -0.443. The third kappa shape index (κ3) is 6.73. The molecule has 0 aliphatic heterocycles. The fourth-order valence-corrected chi connectivity index (χ4v) is 0.924. The molecule has 4 nitrogen and oxygen atoms in total. The topological polar surface area (TPSA) is 64.3 Å². The predicted molar refractivity (Wildman–Crippen MR) is 48.1 cm³/mol. The van der Waals surface area contributed by atoms with E-state index in [0.29, 0.717) is 13.0 Å². The molecule has 1 atom stereocenters. The maximum atomic E-state index is 11.6. The van der Waals surface area contributed by atoms with Crippen molar-refractivity contribution >= 4 is 5.91 Å². The molecule has 6 heteroatoms. The van der Waals surface area contributed by atoms with Crippen molar-refractivity contribution in [2.75, 3.05) is 19.8 Å². The second-order valence-corrected chi connectivity index (χ2v) is 2.78. The number of hydrogen-bond acceptors (Lipinski definition) is 3. The summed E-state index contributed by atoms with van der Waals surface area (Å²) < 4.78 is 27.8. The van der Waals surface area contributed by atoms with Gasteiger partial charge in [-0.25, -0.2) is 8.78 Å². The number of carbonyl (C=O) groups excluding carboxylic acids is 1. The minimum atomic E-state index is -2.45. The zero-order valence-electron chi connectivity index (χ0n) is 8.13. The molecule has 1 unspecified atom stereocenters. The number of hydrogen-bond donors (Lipinski definition) is 2. The van der Waals surface area contributed by atoms with E-state index in [-0.39, 0.29) is 6.61 Å². The quantitative estimate of drug-likeness (QED) is 0.559. The Labute approximate surface area is 81.8 Å². The van der Waals surface area contributed by atoms with E-state index in [1.807, 2.05) is 6.92 Å². The molecule has 0 saturated carbocycles. The zero-order chi connectivity index (χ0) is 11.0. The highest BCUT2D eigenvalue weighted by Gasteiger charge is 2.10. The molecule has 0 rings (SSSR count). The molecule has 0 aromatic rings. The molecule has 0 heterocycles. The number of carbonyl (C=O) groups is 1. The lowest BCUT2D eigenvalue weighted by Crippen LogP contribution is -2.42. The maximum absolute atomic E-state index is 11.6. The Morgan fingerprint density at radius 1 is 1.57 bits per heavy atom. The Morgan fingerprint density at radius 3 is 2.64 bits per heavy atom. The third-order valence-electron chi connectivity index (χ3n) is 1.63. The van der Waals surface area contributed by atoms with Crippen LogP contribution < -0.4 is 11.1 Å². The number of amides is 1. The Hall–Kier alpha value is -0.750. The van der Waals surface area contributed by atoms with E-state index in [0.717, 1.165) is 0 Å². The van der Waals surface area contributed by atoms with E-state index in [4.69, 9.17) is 5.73 Å². The molecule has 3 N–H and O–H groups in total. The second-order valence-electron chi connectivity index (χ2n) is 2.78. The maximum Gasteiger partial charge on any atom is 0.261 e. The number of nitrogens with one attached hydrogen (secondary N) is 1. The summed E-state index contributed by atoms with van der Waals surface area (Å²) >= 11 is 0. The van der Waals surface area contributed by atoms with Gasteiger partial charge in [-0.1, -0.05) is 6.92 Å². The minimum absolute atomic E-state index is 0.147. The Morgan fingerprint density at radius 2 is 2.21 bits per heavy atom. The number of rotatable bonds is 8. The number of halogens is 2. The standard InChI is InChI=1S/C8H16F2N2O2/c1-2-6(8(11)13)12-3-4-14-5-7(9)10/h6-7,12H,2-5H2,1H3,(H2,11,13). The first-order valence-electron chi connectivity index (χ1n) is 4.46. The number of primary amides is 1. The van der Waals surface area contributed by atoms with Gasteiger partial charge in [0.1, 0.15) is 6.61 Å². The first-order chi connectivity index (χ1) is 6.57. The summed E-state index contributed by atoms with van der Waals surface area (Å²) in [6.45, 7) is 1.72. The lowest BCUT2D eigenvalue weighted by molar-refractivity contribution is -0.120. The van der Waals surface area contributed by atoms with E-state index in [9.17, 15) is 13.6 Å². The molecule has 0 aliphatic rings. The van der Waals surface area contributed by atoms with Crippen LogP contribution in [0.3, 0.4) is 0 Å². The van der Waals surface area contributed by atoms with Crippen molar-refractivity contribution in [1.82, 2.24) is 5.32 Å². The van der Waals surface area contributed by atoms with E-state index in [2.05, 4.69) is 10.1 Å². The fraction of sp³-hybridized carbons (Fsp3) is 0.875. The molecule has 0 bridgehead atoms. The monoisotopic (exact) mass is 210 g/mol. The molecule has 0 aromatic heterocycles. The van der Waals surface area contributed by atoms with Crippen molar-refractivity contribution in [3.05, 3.63) is 0 Å². The van der Waals surface area contributed by atoms with Crippen LogP contribution in [0.25, 0.3) is 0 Å². The second kappa shape index (κ2) is 7.64. The van der Waals surface area contributed by atoms with Crippen LogP contribution in [-0.2, 0) is 9.53 Å². The Kier molecular flexibility index (Phi) is 7.23. The van der Waals surface area contributed by atoms with Crippen LogP contribution in [0.4, 0.5) is 8.78 Å². The summed E-state index contributed by atoms with van der Waals surface area (Å²) in [5, 5.41) is 2.80. The van der Waals surface area contributed by atoms with Crippen LogP contribution >= 0.6 is 0 Å². The highest BCUT2D eigenvalue weighted by molar-refractivity contribution is 5.79. The zero-order valence-corrected chi connectivity index (χ0v) is 8.13. The molecule has 0 fully saturated rings. The third-order valence-corrected chi connectivity index (χ3v) is 1.63. The van der Waals surface area contributed by atoms with Gasteiger partial charge in [0.25, 0.3) is 6.43 Å². The van der Waals surface area contributed by atoms with Gasteiger partial charge in [0.15, 0.2) is 0 Å². The highest BCUT2D eigenvalue weighted by Crippen LogP contribution is 1.92. The molecule has 0 aliphatic carbocycles. The molecule has 0 aromatic carbocycles. The molecule has 0 radical (unpaired) electrons. The van der Waals surface area contributed by atoms with E-state index in [1.165, 1.54) is 0 Å². The number of nitrogens with two attached hydrogens (primary N) is 1. The summed E-state index contributed by atoms with van der Waals surface area (Å²) in [4.78, 5) is 10.7. The Balaban J connectivity index is 3.38. The van der Waals surface area contributed by atoms with E-state index in [1.54, 1.807) is 0 Å². The van der Waals surface area contributed by atoms with Gasteiger partial charge >= 0.3 is 0 Å². The molecule has 0 spiro atoms. The lowest BCUT2D eigenvalue weighted by Gasteiger charge is -2.12. The van der Waals surface area contributed by atoms with Gasteiger partial charge in [-0.3, -0.25) is 4.79 Å². The SMILES string of the molecule is CCC(NCCOCC(F)F)C(N)=O. The predicted octanol–water partition coefficient (Wildman–Crippen LogP) is 0.122. The van der Waals surface area contributed by atoms with Crippen LogP contribution in [0.5, 0.6) is 0 Å². The smallest absolute Gasteiger partial charge is 0.261 e. The molecule has 1 amide bonds. The number of alkyl halides is 2. The average Bonchev–Trinajstić information content (AvgIpc) is 2.10. The lowest BCUT2D eigenvalue weighted by atomic mass is 10.2. The largest absolute Gasteiger partial charge is 0.374 e. The average molecular weight is 210 g/mol. The van der Waals surface area contributed by atoms with E-state index < -0.39 is 25.0 Å². The molecular formula is C8H16F2N2O2. The first kappa shape index (κ1) is 13.2. The van der Waals surface area contributed by atoms with Gasteiger partial charge in [-0.2, -0.15) is 0 Å². The summed E-state index contributed by atoms with van der Waals surface area (Å²) in [6, 6.07) is -0.412. The van der Waals surface area contributed by atoms with Crippen molar-refractivity contribution in [3.8, 4) is 0 Å². The minimum Gasteiger partial charge on any atom is -0.374 e. The van der Waals surface area contributed by atoms with Gasteiger partial charge in [0.2, 0.25) is 5.91 Å². The van der Waals surface area contributed by atoms with E-state index >= 15 is 0 Å². The van der Waals surface area contributed by atoms with Crippen LogP contribution in [0, 0.1) is 0 Å². The molecule has 0 saturated heterocycles. The van der Waals surface area contributed by atoms with Gasteiger partial charge in [-0.05, 0) is 6.42 Å². The highest BCUT2D eigenvalue weighted by atomic mass is 19.3. The fourth-order valence-electron chi connectivity index (χ4n) is 0.924. The van der Waals surface area contributed by atoms with Crippen molar-refractivity contribution in [1.29, 1.82) is 0 Å². The molecular weight excluding hydrogens is 194 g/mol. The summed E-state index contributed by atoms with van der Waals surface area (Å²) in [5.41, 5.74) is 5.05.